The number of morpholine rings is 2. The van der Waals surface area contributed by atoms with Crippen LogP contribution in [0.25, 0.3) is 0 Å². The monoisotopic (exact) mass is 1710 g/mol. The summed E-state index contributed by atoms with van der Waals surface area (Å²) in [7, 11) is 5.40. The van der Waals surface area contributed by atoms with Crippen LogP contribution in [0.1, 0.15) is 52.9 Å². The fourth-order valence-corrected chi connectivity index (χ4v) is 11.3. The maximum absolute atomic E-state index is 8.37. The van der Waals surface area contributed by atoms with Crippen molar-refractivity contribution in [3.05, 3.63) is 304 Å². The molecule has 17 rings (SSSR count). The van der Waals surface area contributed by atoms with E-state index in [2.05, 4.69) is 121 Å². The minimum atomic E-state index is 0.0244. The normalized spacial score (nSPS) is 13.6. The third-order valence-electron chi connectivity index (χ3n) is 17.4. The molecule has 0 amide bonds. The van der Waals surface area contributed by atoms with E-state index in [0.29, 0.717) is 73.5 Å². The van der Waals surface area contributed by atoms with Crippen molar-refractivity contribution in [1.82, 2.24) is 69.6 Å². The number of aliphatic hydroxyl groups is 1. The second-order valence-corrected chi connectivity index (χ2v) is 27.5. The van der Waals surface area contributed by atoms with E-state index in [0.717, 1.165) is 109 Å². The number of nitrogens with zero attached hydrogens (tertiary/aromatic N) is 18. The van der Waals surface area contributed by atoms with Crippen LogP contribution in [0.3, 0.4) is 0 Å². The maximum atomic E-state index is 8.37. The lowest BCUT2D eigenvalue weighted by Gasteiger charge is -2.33. The van der Waals surface area contributed by atoms with E-state index in [1.54, 1.807) is 88.2 Å². The van der Waals surface area contributed by atoms with Crippen molar-refractivity contribution in [2.45, 2.75) is 59.0 Å². The smallest absolute Gasteiger partial charge is 0.213 e. The van der Waals surface area contributed by atoms with E-state index in [1.165, 1.54) is 58.3 Å². The average molecular weight is 1710 g/mol. The zero-order valence-corrected chi connectivity index (χ0v) is 73.5. The molecule has 5 saturated heterocycles. The number of hydrogen-bond donors (Lipinski definition) is 1. The highest BCUT2D eigenvalue weighted by molar-refractivity contribution is 6.29. The minimum Gasteiger partial charge on any atom is -0.481 e. The summed E-state index contributed by atoms with van der Waals surface area (Å²) in [4.78, 5) is 62.5. The number of hydrogen-bond acceptors (Lipinski definition) is 28. The molecule has 12 aromatic heterocycles. The zero-order valence-electron chi connectivity index (χ0n) is 72.7. The number of pyridine rings is 12. The Morgan fingerprint density at radius 2 is 0.677 bits per heavy atom. The Kier molecular flexibility index (Phi) is 55.5. The molecule has 0 saturated carbocycles. The number of halogens is 1. The molecule has 17 heterocycles. The van der Waals surface area contributed by atoms with Gasteiger partial charge in [0, 0.05) is 209 Å². The summed E-state index contributed by atoms with van der Waals surface area (Å²) in [5.41, 5.74) is 0. The molecule has 662 valence electrons. The molecule has 0 bridgehead atoms. The SMILES string of the molecule is CC(C)Oc1ccccn1.CCOc1ccccn1.CN1CCN(c2ccccn2)CC1.COCCOc1ccccn1.COc1ccccn1.Clc1ccccn1.OCCOc1ccccn1.c1ccc(N2CCCC2)nc1.c1ccc(N2CCCCC2)nc1.c1ccc(N2CCOCC2)nc1.c1ccc(OCCN2CCOCC2)nc1.c1ccncc1. The van der Waals surface area contributed by atoms with Crippen molar-refractivity contribution in [1.29, 1.82) is 0 Å². The van der Waals surface area contributed by atoms with Crippen molar-refractivity contribution in [2.75, 3.05) is 192 Å². The highest BCUT2D eigenvalue weighted by Gasteiger charge is 2.16. The average Bonchev–Trinajstić information content (AvgIpc) is 1.66. The first-order valence-corrected chi connectivity index (χ1v) is 42.4. The van der Waals surface area contributed by atoms with E-state index in [1.807, 2.05) is 221 Å². The molecule has 0 atom stereocenters. The molecule has 0 radical (unpaired) electrons. The predicted molar refractivity (Wildman–Crippen MR) is 492 cm³/mol. The predicted octanol–water partition coefficient (Wildman–Crippen LogP) is 15.1. The van der Waals surface area contributed by atoms with Gasteiger partial charge in [0.05, 0.1) is 59.5 Å². The summed E-state index contributed by atoms with van der Waals surface area (Å²) in [5, 5.41) is 8.92. The van der Waals surface area contributed by atoms with E-state index in [9.17, 15) is 0 Å². The molecule has 12 aromatic rings. The summed E-state index contributed by atoms with van der Waals surface area (Å²) in [5.74, 6) is 8.37. The Hall–Kier alpha value is -12.2. The van der Waals surface area contributed by atoms with Gasteiger partial charge in [-0.05, 0) is 169 Å². The van der Waals surface area contributed by atoms with Crippen LogP contribution in [-0.2, 0) is 14.2 Å². The Morgan fingerprint density at radius 1 is 0.339 bits per heavy atom. The number of rotatable bonds is 20. The Balaban J connectivity index is 0.000000210. The number of ether oxygens (including phenoxy) is 9. The van der Waals surface area contributed by atoms with Gasteiger partial charge in [-0.2, -0.15) is 0 Å². The molecule has 124 heavy (non-hydrogen) atoms. The maximum Gasteiger partial charge on any atom is 0.213 e. The van der Waals surface area contributed by atoms with Crippen LogP contribution in [0.4, 0.5) is 23.3 Å². The molecular formula is C95H125ClN18O10. The molecule has 29 heteroatoms. The van der Waals surface area contributed by atoms with Crippen LogP contribution in [-0.4, -0.2) is 253 Å². The number of aromatic nitrogens is 12. The van der Waals surface area contributed by atoms with Gasteiger partial charge in [0.2, 0.25) is 35.3 Å². The lowest BCUT2D eigenvalue weighted by Crippen LogP contribution is -2.44. The van der Waals surface area contributed by atoms with E-state index in [4.69, 9.17) is 59.3 Å². The molecule has 5 fully saturated rings. The van der Waals surface area contributed by atoms with Gasteiger partial charge in [-0.1, -0.05) is 84.4 Å². The summed E-state index contributed by atoms with van der Waals surface area (Å²) >= 11 is 5.43. The third kappa shape index (κ3) is 49.1. The molecule has 0 spiro atoms. The number of methoxy groups -OCH3 is 2. The van der Waals surface area contributed by atoms with Gasteiger partial charge in [-0.3, -0.25) is 9.88 Å². The van der Waals surface area contributed by atoms with Gasteiger partial charge < -0.3 is 72.2 Å². The Bertz CT molecular complexity index is 4230. The second kappa shape index (κ2) is 68.4. The van der Waals surface area contributed by atoms with Crippen LogP contribution in [0.5, 0.6) is 35.3 Å². The van der Waals surface area contributed by atoms with Gasteiger partial charge >= 0.3 is 0 Å². The molecule has 1 N–H and O–H groups in total. The fourth-order valence-electron chi connectivity index (χ4n) is 11.2. The van der Waals surface area contributed by atoms with Gasteiger partial charge in [0.1, 0.15) is 48.2 Å². The van der Waals surface area contributed by atoms with Crippen molar-refractivity contribution in [3.8, 4) is 35.3 Å². The number of anilines is 4. The highest BCUT2D eigenvalue weighted by Crippen LogP contribution is 2.19. The van der Waals surface area contributed by atoms with E-state index >= 15 is 0 Å². The zero-order chi connectivity index (χ0) is 87.7. The minimum absolute atomic E-state index is 0.0244. The molecule has 0 aliphatic carbocycles. The first kappa shape index (κ1) is 101. The Labute approximate surface area is 738 Å². The molecule has 28 nitrogen and oxygen atoms in total. The highest BCUT2D eigenvalue weighted by atomic mass is 35.5. The van der Waals surface area contributed by atoms with Crippen molar-refractivity contribution < 1.29 is 47.7 Å². The van der Waals surface area contributed by atoms with Gasteiger partial charge in [0.15, 0.2) is 0 Å². The summed E-state index contributed by atoms with van der Waals surface area (Å²) in [6.07, 6.45) is 29.6. The lowest BCUT2D eigenvalue weighted by atomic mass is 10.1. The number of piperidine rings is 1. The third-order valence-corrected chi connectivity index (χ3v) is 17.6. The van der Waals surface area contributed by atoms with Crippen LogP contribution in [0.15, 0.2) is 299 Å². The van der Waals surface area contributed by atoms with E-state index in [-0.39, 0.29) is 12.7 Å². The molecule has 0 aromatic carbocycles. The molecular weight excluding hydrogens is 1590 g/mol. The number of piperazine rings is 1. The van der Waals surface area contributed by atoms with Gasteiger partial charge in [0.25, 0.3) is 0 Å². The largest absolute Gasteiger partial charge is 0.481 e. The quantitative estimate of drug-likeness (QED) is 0.0548. The number of aliphatic hydroxyl groups excluding tert-OH is 1. The summed E-state index contributed by atoms with van der Waals surface area (Å²) in [6.45, 7) is 26.1. The molecule has 0 unspecified atom stereocenters. The van der Waals surface area contributed by atoms with E-state index < -0.39 is 0 Å². The fraction of sp³-hybridized carbons (Fsp3) is 0.368. The topological polar surface area (TPSA) is 277 Å². The van der Waals surface area contributed by atoms with Crippen LogP contribution in [0.2, 0.25) is 5.15 Å². The van der Waals surface area contributed by atoms with Crippen molar-refractivity contribution >= 4 is 34.9 Å². The second-order valence-electron chi connectivity index (χ2n) is 27.1. The molecule has 5 aliphatic heterocycles. The van der Waals surface area contributed by atoms with Gasteiger partial charge in [-0.15, -0.1) is 0 Å². The van der Waals surface area contributed by atoms with Crippen LogP contribution >= 0.6 is 11.6 Å². The summed E-state index contributed by atoms with van der Waals surface area (Å²) in [6, 6.07) is 68.7. The lowest BCUT2D eigenvalue weighted by molar-refractivity contribution is 0.0320. The first-order valence-electron chi connectivity index (χ1n) is 42.0. The van der Waals surface area contributed by atoms with Crippen molar-refractivity contribution in [2.24, 2.45) is 0 Å². The van der Waals surface area contributed by atoms with Crippen LogP contribution < -0.4 is 48.0 Å². The Morgan fingerprint density at radius 3 is 0.992 bits per heavy atom. The standard InChI is InChI=1S/C11H16N2O2.C10H15N3.C10H14N2.C9H12N2O.C9H12N2.C8H11NO2.C8H11NO.C7H9NO2.C7H9NO.C6H7NO.C5H4ClN.C5H5N/c1-2-4-12-11(3-1)15-10-7-13-5-8-14-9-6-13;1-12-6-8-13(9-7-12)10-4-2-3-5-11-10;1-4-8-12(9-5-1)10-6-2-3-7-11-10;1-2-4-10-9(3-1)11-5-7-12-8-6-11;1-2-6-10-9(5-1)11-7-3-4-8-11;1-10-6-7-11-8-4-2-3-5-9-8;1-7(2)10-8-5-3-4-6-9-8;9-5-6-10-7-3-1-2-4-8-7;1-2-9-7-5-3-4-6-8-7;1-8-6-4-2-3-5-7-6;6-5-3-1-2-4-7-5;1-2-4-6-5-3-1/h1-4H,5-10H2;2-5H,6-9H2,1H3;2-3,6-7H,1,4-5,8-9H2;1-4H,5-8H2;1-2,5-6H,3-4,7-8H2;2-5H,6-7H2,1H3;3-7H,1-2H3;1-4,9H,5-6H2;3-6H,2H2,1H3;2-5H,1H3;1-4H;1-5H. The summed E-state index contributed by atoms with van der Waals surface area (Å²) < 4.78 is 46.3. The molecule has 5 aliphatic rings. The van der Waals surface area contributed by atoms with Crippen molar-refractivity contribution in [3.63, 3.8) is 0 Å². The van der Waals surface area contributed by atoms with Gasteiger partial charge in [-0.25, -0.2) is 54.8 Å². The number of likely N-dealkylation sites (N-methyl/N-ethyl adjacent to an activating group) is 1. The first-order chi connectivity index (χ1) is 61.1. The van der Waals surface area contributed by atoms with Crippen LogP contribution in [0, 0.1) is 0 Å².